The highest BCUT2D eigenvalue weighted by atomic mass is 14.6. The second kappa shape index (κ2) is 6.41. The van der Waals surface area contributed by atoms with Gasteiger partial charge in [0.1, 0.15) is 0 Å². The van der Waals surface area contributed by atoms with Crippen LogP contribution in [0.4, 0.5) is 0 Å². The quantitative estimate of drug-likeness (QED) is 0.787. The molecule has 0 radical (unpaired) electrons. The van der Waals surface area contributed by atoms with Crippen LogP contribution in [-0.2, 0) is 0 Å². The van der Waals surface area contributed by atoms with Crippen molar-refractivity contribution in [2.75, 3.05) is 6.54 Å². The molecule has 0 spiro atoms. The molecule has 0 heterocycles. The van der Waals surface area contributed by atoms with Crippen LogP contribution < -0.4 is 5.73 Å². The normalized spacial score (nSPS) is 42.2. The number of hydrogen-bond acceptors (Lipinski definition) is 1. The maximum absolute atomic E-state index is 6.05. The predicted molar refractivity (Wildman–Crippen MR) is 79.3 cm³/mol. The van der Waals surface area contributed by atoms with Crippen LogP contribution in [0.5, 0.6) is 0 Å². The minimum atomic E-state index is 0.832. The van der Waals surface area contributed by atoms with Crippen LogP contribution in [0.3, 0.4) is 0 Å². The molecule has 2 fully saturated rings. The van der Waals surface area contributed by atoms with E-state index in [9.17, 15) is 0 Å². The number of hydrogen-bond donors (Lipinski definition) is 1. The molecule has 2 saturated carbocycles. The summed E-state index contributed by atoms with van der Waals surface area (Å²) in [5, 5.41) is 0. The first-order valence-corrected chi connectivity index (χ1v) is 8.31. The molecule has 2 rings (SSSR count). The van der Waals surface area contributed by atoms with Crippen LogP contribution in [0, 0.1) is 35.5 Å². The molecule has 3 unspecified atom stereocenters. The van der Waals surface area contributed by atoms with E-state index in [1.807, 2.05) is 0 Å². The summed E-state index contributed by atoms with van der Waals surface area (Å²) >= 11 is 0. The summed E-state index contributed by atoms with van der Waals surface area (Å²) in [4.78, 5) is 0. The third kappa shape index (κ3) is 3.29. The zero-order valence-corrected chi connectivity index (χ0v) is 12.7. The maximum Gasteiger partial charge on any atom is -0.00461 e. The Balaban J connectivity index is 1.97. The van der Waals surface area contributed by atoms with Gasteiger partial charge in [-0.15, -0.1) is 0 Å². The lowest BCUT2D eigenvalue weighted by atomic mass is 9.63. The first-order chi connectivity index (χ1) is 8.61. The Morgan fingerprint density at radius 3 is 2.22 bits per heavy atom. The molecular weight excluding hydrogens is 218 g/mol. The summed E-state index contributed by atoms with van der Waals surface area (Å²) in [5.41, 5.74) is 6.05. The van der Waals surface area contributed by atoms with Crippen molar-refractivity contribution in [1.29, 1.82) is 0 Å². The second-order valence-electron chi connectivity index (χ2n) is 7.50. The maximum atomic E-state index is 6.05. The van der Waals surface area contributed by atoms with Crippen molar-refractivity contribution in [2.24, 2.45) is 41.2 Å². The van der Waals surface area contributed by atoms with E-state index in [1.54, 1.807) is 0 Å². The van der Waals surface area contributed by atoms with Gasteiger partial charge in [0.05, 0.1) is 0 Å². The summed E-state index contributed by atoms with van der Waals surface area (Å²) in [6.07, 6.45) is 10.2. The Hall–Kier alpha value is -0.0400. The van der Waals surface area contributed by atoms with Gasteiger partial charge in [0.15, 0.2) is 0 Å². The van der Waals surface area contributed by atoms with Gasteiger partial charge in [0, 0.05) is 0 Å². The van der Waals surface area contributed by atoms with Crippen molar-refractivity contribution in [2.45, 2.75) is 65.7 Å². The Bertz CT molecular complexity index is 240. The second-order valence-corrected chi connectivity index (χ2v) is 7.50. The highest BCUT2D eigenvalue weighted by Gasteiger charge is 2.36. The predicted octanol–water partition coefficient (Wildman–Crippen LogP) is 4.46. The molecule has 106 valence electrons. The minimum absolute atomic E-state index is 0.832. The van der Waals surface area contributed by atoms with E-state index in [2.05, 4.69) is 20.8 Å². The van der Waals surface area contributed by atoms with Gasteiger partial charge >= 0.3 is 0 Å². The molecule has 0 aliphatic heterocycles. The number of nitrogens with two attached hydrogens (primary N) is 1. The Morgan fingerprint density at radius 1 is 1.00 bits per heavy atom. The smallest absolute Gasteiger partial charge is 0.00461 e. The van der Waals surface area contributed by atoms with Crippen LogP contribution in [0.2, 0.25) is 0 Å². The first-order valence-electron chi connectivity index (χ1n) is 8.31. The fraction of sp³-hybridized carbons (Fsp3) is 1.00. The third-order valence-electron chi connectivity index (χ3n) is 6.00. The van der Waals surface area contributed by atoms with E-state index in [4.69, 9.17) is 5.73 Å². The molecule has 1 nitrogen and oxygen atoms in total. The van der Waals surface area contributed by atoms with Crippen molar-refractivity contribution >= 4 is 0 Å². The molecular formula is C17H33N. The van der Waals surface area contributed by atoms with Gasteiger partial charge in [0.25, 0.3) is 0 Å². The Labute approximate surface area is 114 Å². The fourth-order valence-corrected chi connectivity index (χ4v) is 4.49. The fourth-order valence-electron chi connectivity index (χ4n) is 4.49. The van der Waals surface area contributed by atoms with E-state index >= 15 is 0 Å². The SMILES string of the molecule is CC1CCC(C2CC(C(C)C)CCC2CN)CC1. The lowest BCUT2D eigenvalue weighted by Crippen LogP contribution is -2.37. The molecule has 2 aliphatic carbocycles. The van der Waals surface area contributed by atoms with Gasteiger partial charge in [-0.25, -0.2) is 0 Å². The van der Waals surface area contributed by atoms with E-state index in [-0.39, 0.29) is 0 Å². The largest absolute Gasteiger partial charge is 0.330 e. The van der Waals surface area contributed by atoms with E-state index in [0.29, 0.717) is 0 Å². The average Bonchev–Trinajstić information content (AvgIpc) is 2.39. The van der Waals surface area contributed by atoms with Crippen molar-refractivity contribution in [3.05, 3.63) is 0 Å². The van der Waals surface area contributed by atoms with Crippen LogP contribution in [0.25, 0.3) is 0 Å². The molecule has 2 aliphatic rings. The lowest BCUT2D eigenvalue weighted by molar-refractivity contribution is 0.0755. The molecule has 0 aromatic rings. The molecule has 18 heavy (non-hydrogen) atoms. The zero-order chi connectivity index (χ0) is 13.1. The molecule has 2 N–H and O–H groups in total. The highest BCUT2D eigenvalue weighted by molar-refractivity contribution is 4.87. The van der Waals surface area contributed by atoms with Crippen molar-refractivity contribution in [3.8, 4) is 0 Å². The monoisotopic (exact) mass is 251 g/mol. The van der Waals surface area contributed by atoms with Gasteiger partial charge in [-0.3, -0.25) is 0 Å². The van der Waals surface area contributed by atoms with Crippen molar-refractivity contribution in [1.82, 2.24) is 0 Å². The summed E-state index contributed by atoms with van der Waals surface area (Å²) in [7, 11) is 0. The van der Waals surface area contributed by atoms with Gasteiger partial charge in [-0.2, -0.15) is 0 Å². The molecule has 0 amide bonds. The summed E-state index contributed by atoms with van der Waals surface area (Å²) < 4.78 is 0. The van der Waals surface area contributed by atoms with Crippen LogP contribution >= 0.6 is 0 Å². The van der Waals surface area contributed by atoms with Crippen LogP contribution in [0.15, 0.2) is 0 Å². The standard InChI is InChI=1S/C17H33N/c1-12(2)15-8-9-16(11-18)17(10-15)14-6-4-13(3)5-7-14/h12-17H,4-11,18H2,1-3H3. The Morgan fingerprint density at radius 2 is 1.67 bits per heavy atom. The lowest BCUT2D eigenvalue weighted by Gasteiger charge is -2.43. The van der Waals surface area contributed by atoms with Crippen LogP contribution in [-0.4, -0.2) is 6.54 Å². The first kappa shape index (κ1) is 14.4. The molecule has 3 atom stereocenters. The summed E-state index contributed by atoms with van der Waals surface area (Å²) in [6, 6.07) is 0. The highest BCUT2D eigenvalue weighted by Crippen LogP contribution is 2.45. The van der Waals surface area contributed by atoms with Crippen molar-refractivity contribution in [3.63, 3.8) is 0 Å². The van der Waals surface area contributed by atoms with Gasteiger partial charge < -0.3 is 5.73 Å². The zero-order valence-electron chi connectivity index (χ0n) is 12.7. The topological polar surface area (TPSA) is 26.0 Å². The minimum Gasteiger partial charge on any atom is -0.330 e. The van der Waals surface area contributed by atoms with Gasteiger partial charge in [-0.05, 0) is 74.2 Å². The average molecular weight is 251 g/mol. The summed E-state index contributed by atoms with van der Waals surface area (Å²) in [5.74, 6) is 5.59. The molecule has 0 aromatic heterocycles. The van der Waals surface area contributed by atoms with Gasteiger partial charge in [0.2, 0.25) is 0 Å². The van der Waals surface area contributed by atoms with E-state index in [1.165, 1.54) is 44.9 Å². The van der Waals surface area contributed by atoms with E-state index in [0.717, 1.165) is 42.1 Å². The molecule has 0 saturated heterocycles. The molecule has 0 bridgehead atoms. The molecule has 0 aromatic carbocycles. The Kier molecular flexibility index (Phi) is 5.12. The van der Waals surface area contributed by atoms with Crippen molar-refractivity contribution < 1.29 is 0 Å². The van der Waals surface area contributed by atoms with Gasteiger partial charge in [-0.1, -0.05) is 33.6 Å². The third-order valence-corrected chi connectivity index (χ3v) is 6.00. The van der Waals surface area contributed by atoms with Crippen LogP contribution in [0.1, 0.15) is 65.7 Å². The molecule has 1 heteroatoms. The number of rotatable bonds is 3. The summed E-state index contributed by atoms with van der Waals surface area (Å²) in [6.45, 7) is 8.18. The van der Waals surface area contributed by atoms with E-state index < -0.39 is 0 Å².